The summed E-state index contributed by atoms with van der Waals surface area (Å²) >= 11 is 0. The minimum atomic E-state index is -2.93. The van der Waals surface area contributed by atoms with Crippen LogP contribution < -0.4 is 5.73 Å². The fourth-order valence-electron chi connectivity index (χ4n) is 1.84. The van der Waals surface area contributed by atoms with Gasteiger partial charge in [-0.2, -0.15) is 0 Å². The van der Waals surface area contributed by atoms with E-state index < -0.39 is 9.84 Å². The first-order chi connectivity index (χ1) is 8.96. The van der Waals surface area contributed by atoms with Crippen LogP contribution in [0.3, 0.4) is 0 Å². The average Bonchev–Trinajstić information content (AvgIpc) is 2.75. The van der Waals surface area contributed by atoms with Gasteiger partial charge in [-0.05, 0) is 18.6 Å². The molecule has 0 bridgehead atoms. The molecule has 0 aromatic carbocycles. The SMILES string of the molecule is CS(=O)(=O)CCCn1cncc1-c1ccnc(N)c1. The number of aromatic nitrogens is 3. The van der Waals surface area contributed by atoms with Gasteiger partial charge in [-0.1, -0.05) is 0 Å². The molecule has 0 spiro atoms. The molecule has 0 unspecified atom stereocenters. The highest BCUT2D eigenvalue weighted by atomic mass is 32.2. The maximum Gasteiger partial charge on any atom is 0.147 e. The predicted molar refractivity (Wildman–Crippen MR) is 74.2 cm³/mol. The summed E-state index contributed by atoms with van der Waals surface area (Å²) in [6, 6.07) is 3.62. The Morgan fingerprint density at radius 1 is 1.42 bits per heavy atom. The fourth-order valence-corrected chi connectivity index (χ4v) is 2.50. The number of pyridine rings is 1. The van der Waals surface area contributed by atoms with Gasteiger partial charge in [-0.25, -0.2) is 18.4 Å². The van der Waals surface area contributed by atoms with E-state index >= 15 is 0 Å². The summed E-state index contributed by atoms with van der Waals surface area (Å²) in [6.45, 7) is 0.602. The Bertz CT molecular complexity index is 664. The summed E-state index contributed by atoms with van der Waals surface area (Å²) < 4.78 is 24.1. The molecule has 2 rings (SSSR count). The Morgan fingerprint density at radius 2 is 2.21 bits per heavy atom. The minimum absolute atomic E-state index is 0.170. The third kappa shape index (κ3) is 3.78. The number of imidazole rings is 1. The quantitative estimate of drug-likeness (QED) is 0.881. The first kappa shape index (κ1) is 13.5. The number of anilines is 1. The molecule has 0 fully saturated rings. The number of nitrogens with zero attached hydrogens (tertiary/aromatic N) is 3. The van der Waals surface area contributed by atoms with Crippen molar-refractivity contribution in [2.24, 2.45) is 0 Å². The van der Waals surface area contributed by atoms with E-state index in [0.717, 1.165) is 11.3 Å². The number of hydrogen-bond donors (Lipinski definition) is 1. The number of nitrogen functional groups attached to an aromatic ring is 1. The van der Waals surface area contributed by atoms with Crippen LogP contribution in [0.4, 0.5) is 5.82 Å². The predicted octanol–water partition coefficient (Wildman–Crippen LogP) is 0.962. The summed E-state index contributed by atoms with van der Waals surface area (Å²) in [4.78, 5) is 8.04. The van der Waals surface area contributed by atoms with Crippen LogP contribution in [-0.2, 0) is 16.4 Å². The lowest BCUT2D eigenvalue weighted by molar-refractivity contribution is 0.592. The highest BCUT2D eigenvalue weighted by Gasteiger charge is 2.07. The summed E-state index contributed by atoms with van der Waals surface area (Å²) in [7, 11) is -2.93. The van der Waals surface area contributed by atoms with E-state index in [2.05, 4.69) is 9.97 Å². The molecule has 0 atom stereocenters. The first-order valence-electron chi connectivity index (χ1n) is 5.85. The van der Waals surface area contributed by atoms with Gasteiger partial charge in [0.2, 0.25) is 0 Å². The van der Waals surface area contributed by atoms with Crippen molar-refractivity contribution in [1.29, 1.82) is 0 Å². The maximum absolute atomic E-state index is 11.1. The lowest BCUT2D eigenvalue weighted by Gasteiger charge is -2.08. The van der Waals surface area contributed by atoms with Gasteiger partial charge < -0.3 is 10.3 Å². The molecule has 7 heteroatoms. The zero-order valence-corrected chi connectivity index (χ0v) is 11.5. The van der Waals surface area contributed by atoms with E-state index in [0.29, 0.717) is 18.8 Å². The molecule has 0 amide bonds. The van der Waals surface area contributed by atoms with Crippen LogP contribution >= 0.6 is 0 Å². The highest BCUT2D eigenvalue weighted by molar-refractivity contribution is 7.90. The molecule has 2 aromatic rings. The van der Waals surface area contributed by atoms with Gasteiger partial charge in [0, 0.05) is 24.6 Å². The molecule has 19 heavy (non-hydrogen) atoms. The molecule has 0 aliphatic carbocycles. The number of sulfone groups is 1. The number of nitrogens with two attached hydrogens (primary N) is 1. The Kier molecular flexibility index (Phi) is 3.84. The van der Waals surface area contributed by atoms with Crippen LogP contribution in [0.2, 0.25) is 0 Å². The van der Waals surface area contributed by atoms with E-state index in [1.165, 1.54) is 6.26 Å². The largest absolute Gasteiger partial charge is 0.384 e. The topological polar surface area (TPSA) is 90.9 Å². The highest BCUT2D eigenvalue weighted by Crippen LogP contribution is 2.20. The molecule has 2 N–H and O–H groups in total. The van der Waals surface area contributed by atoms with Gasteiger partial charge in [-0.15, -0.1) is 0 Å². The molecule has 0 saturated heterocycles. The number of hydrogen-bond acceptors (Lipinski definition) is 5. The van der Waals surface area contributed by atoms with Gasteiger partial charge in [0.05, 0.1) is 24.0 Å². The summed E-state index contributed by atoms with van der Waals surface area (Å²) in [5, 5.41) is 0. The van der Waals surface area contributed by atoms with Crippen molar-refractivity contribution in [2.75, 3.05) is 17.7 Å². The fraction of sp³-hybridized carbons (Fsp3) is 0.333. The van der Waals surface area contributed by atoms with Gasteiger partial charge in [-0.3, -0.25) is 0 Å². The van der Waals surface area contributed by atoms with E-state index in [9.17, 15) is 8.42 Å². The standard InChI is InChI=1S/C12H16N4O2S/c1-19(17,18)6-2-5-16-9-14-8-11(16)10-3-4-15-12(13)7-10/h3-4,7-9H,2,5-6H2,1H3,(H2,13,15). The van der Waals surface area contributed by atoms with Gasteiger partial charge >= 0.3 is 0 Å². The number of aryl methyl sites for hydroxylation is 1. The lowest BCUT2D eigenvalue weighted by Crippen LogP contribution is -2.07. The average molecular weight is 280 g/mol. The first-order valence-corrected chi connectivity index (χ1v) is 7.91. The van der Waals surface area contributed by atoms with Gasteiger partial charge in [0.25, 0.3) is 0 Å². The smallest absolute Gasteiger partial charge is 0.147 e. The van der Waals surface area contributed by atoms with E-state index in [4.69, 9.17) is 5.73 Å². The zero-order valence-electron chi connectivity index (χ0n) is 10.7. The molecular weight excluding hydrogens is 264 g/mol. The second kappa shape index (κ2) is 5.40. The third-order valence-electron chi connectivity index (χ3n) is 2.70. The van der Waals surface area contributed by atoms with Crippen molar-refractivity contribution in [1.82, 2.24) is 14.5 Å². The van der Waals surface area contributed by atoms with Crippen molar-refractivity contribution in [3.8, 4) is 11.3 Å². The summed E-state index contributed by atoms with van der Waals surface area (Å²) in [5.74, 6) is 0.615. The van der Waals surface area contributed by atoms with Crippen LogP contribution in [0.1, 0.15) is 6.42 Å². The van der Waals surface area contributed by atoms with Crippen molar-refractivity contribution < 1.29 is 8.42 Å². The van der Waals surface area contributed by atoms with Crippen molar-refractivity contribution in [3.63, 3.8) is 0 Å². The van der Waals surface area contributed by atoms with Crippen LogP contribution in [0.25, 0.3) is 11.3 Å². The monoisotopic (exact) mass is 280 g/mol. The third-order valence-corrected chi connectivity index (χ3v) is 3.73. The Labute approximate surface area is 112 Å². The number of rotatable bonds is 5. The van der Waals surface area contributed by atoms with E-state index in [-0.39, 0.29) is 5.75 Å². The van der Waals surface area contributed by atoms with Crippen LogP contribution in [-0.4, -0.2) is 35.0 Å². The van der Waals surface area contributed by atoms with Crippen LogP contribution in [0.15, 0.2) is 30.9 Å². The molecule has 102 valence electrons. The molecule has 0 aliphatic rings. The van der Waals surface area contributed by atoms with Crippen molar-refractivity contribution >= 4 is 15.7 Å². The Hall–Kier alpha value is -1.89. The van der Waals surface area contributed by atoms with Crippen molar-refractivity contribution in [3.05, 3.63) is 30.9 Å². The minimum Gasteiger partial charge on any atom is -0.384 e. The maximum atomic E-state index is 11.1. The van der Waals surface area contributed by atoms with Gasteiger partial charge in [0.1, 0.15) is 15.7 Å². The van der Waals surface area contributed by atoms with Crippen molar-refractivity contribution in [2.45, 2.75) is 13.0 Å². The molecule has 6 nitrogen and oxygen atoms in total. The Balaban J connectivity index is 2.14. The second-order valence-corrected chi connectivity index (χ2v) is 6.68. The van der Waals surface area contributed by atoms with Crippen LogP contribution in [0, 0.1) is 0 Å². The zero-order chi connectivity index (χ0) is 13.9. The Morgan fingerprint density at radius 3 is 2.89 bits per heavy atom. The van der Waals surface area contributed by atoms with Gasteiger partial charge in [0.15, 0.2) is 0 Å². The molecule has 2 aromatic heterocycles. The molecular formula is C12H16N4O2S. The second-order valence-electron chi connectivity index (χ2n) is 4.43. The summed E-state index contributed by atoms with van der Waals surface area (Å²) in [6.07, 6.45) is 6.86. The normalized spacial score (nSPS) is 11.6. The summed E-state index contributed by atoms with van der Waals surface area (Å²) in [5.41, 5.74) is 7.48. The lowest BCUT2D eigenvalue weighted by atomic mass is 10.2. The molecule has 0 saturated carbocycles. The molecule has 2 heterocycles. The van der Waals surface area contributed by atoms with Crippen LogP contribution in [0.5, 0.6) is 0 Å². The van der Waals surface area contributed by atoms with E-state index in [1.807, 2.05) is 10.6 Å². The molecule has 0 aliphatic heterocycles. The van der Waals surface area contributed by atoms with E-state index in [1.54, 1.807) is 24.8 Å². The molecule has 0 radical (unpaired) electrons.